The van der Waals surface area contributed by atoms with Crippen LogP contribution in [0.25, 0.3) is 0 Å². The van der Waals surface area contributed by atoms with Crippen molar-refractivity contribution in [3.05, 3.63) is 0 Å². The zero-order valence-corrected chi connectivity index (χ0v) is 22.0. The summed E-state index contributed by atoms with van der Waals surface area (Å²) in [6.45, 7) is 9.30. The number of carbonyl (C=O) groups excluding carboxylic acids is 1. The molecule has 4 aliphatic carbocycles. The van der Waals surface area contributed by atoms with Crippen molar-refractivity contribution in [3.8, 4) is 0 Å². The molecule has 0 aromatic heterocycles. The molecule has 4 nitrogen and oxygen atoms in total. The van der Waals surface area contributed by atoms with Crippen LogP contribution in [0.15, 0.2) is 0 Å². The Morgan fingerprint density at radius 2 is 1.70 bits per heavy atom. The van der Waals surface area contributed by atoms with Gasteiger partial charge in [-0.15, -0.1) is 0 Å². The van der Waals surface area contributed by atoms with E-state index in [-0.39, 0.29) is 12.2 Å². The Balaban J connectivity index is 1.26. The molecule has 5 fully saturated rings. The molecule has 1 saturated heterocycles. The van der Waals surface area contributed by atoms with Crippen LogP contribution in [0.2, 0.25) is 0 Å². The summed E-state index contributed by atoms with van der Waals surface area (Å²) in [5.74, 6) is 5.96. The van der Waals surface area contributed by atoms with Gasteiger partial charge in [-0.25, -0.2) is 0 Å². The van der Waals surface area contributed by atoms with Crippen LogP contribution < -0.4 is 0 Å². The van der Waals surface area contributed by atoms with E-state index in [2.05, 4.69) is 25.7 Å². The van der Waals surface area contributed by atoms with E-state index >= 15 is 0 Å². The average Bonchev–Trinajstić information content (AvgIpc) is 3.16. The lowest BCUT2D eigenvalue weighted by atomic mass is 9.43. The Kier molecular flexibility index (Phi) is 6.90. The molecule has 0 aromatic rings. The maximum absolute atomic E-state index is 12.8. The van der Waals surface area contributed by atoms with Crippen LogP contribution in [0.4, 0.5) is 0 Å². The van der Waals surface area contributed by atoms with Gasteiger partial charge in [0.15, 0.2) is 0 Å². The third-order valence-electron chi connectivity index (χ3n) is 11.6. The molecule has 0 unspecified atom stereocenters. The molecule has 0 radical (unpaired) electrons. The van der Waals surface area contributed by atoms with E-state index in [1.165, 1.54) is 25.7 Å². The summed E-state index contributed by atoms with van der Waals surface area (Å²) in [6, 6.07) is 0. The maximum Gasteiger partial charge on any atom is 0.222 e. The number of nitrogens with zero attached hydrogens (tertiary/aromatic N) is 1. The summed E-state index contributed by atoms with van der Waals surface area (Å²) in [5, 5.41) is 21.7. The fraction of sp³-hybridized carbons (Fsp3) is 0.964. The molecule has 33 heavy (non-hydrogen) atoms. The smallest absolute Gasteiger partial charge is 0.222 e. The van der Waals surface area contributed by atoms with Gasteiger partial charge in [0.25, 0.3) is 0 Å². The van der Waals surface area contributed by atoms with Crippen molar-refractivity contribution < 1.29 is 15.0 Å². The Bertz CT molecular complexity index is 726. The summed E-state index contributed by atoms with van der Waals surface area (Å²) >= 11 is 1.96. The first-order chi connectivity index (χ1) is 15.7. The van der Waals surface area contributed by atoms with Crippen LogP contribution in [0.3, 0.4) is 0 Å². The molecule has 5 aliphatic rings. The van der Waals surface area contributed by atoms with Gasteiger partial charge in [0.1, 0.15) is 0 Å². The topological polar surface area (TPSA) is 60.8 Å². The average molecular weight is 478 g/mol. The number of fused-ring (bicyclic) bond motifs is 5. The number of aliphatic hydroxyl groups excluding tert-OH is 2. The van der Waals surface area contributed by atoms with Gasteiger partial charge in [-0.1, -0.05) is 20.8 Å². The van der Waals surface area contributed by atoms with Crippen molar-refractivity contribution in [2.75, 3.05) is 24.6 Å². The molecule has 5 rings (SSSR count). The molecule has 1 aliphatic heterocycles. The normalized spacial score (nSPS) is 48.5. The van der Waals surface area contributed by atoms with E-state index in [1.807, 2.05) is 11.8 Å². The first kappa shape index (κ1) is 24.4. The standard InChI is InChI=1S/C28H47NO3S/c1-18(4-7-25(32)29-12-14-33-15-13-29)21-5-6-22-26-23(9-11-28(21,22)3)27(2)10-8-20(30)16-19(27)17-24(26)31/h18-24,26,30-31H,4-17H2,1-3H3/t18-,19+,20-,21-,22+,23+,24+,26+,27+,28-/m1/s1. The van der Waals surface area contributed by atoms with E-state index in [9.17, 15) is 15.0 Å². The molecule has 0 aromatic carbocycles. The van der Waals surface area contributed by atoms with Crippen LogP contribution in [0.5, 0.6) is 0 Å². The Labute approximate surface area is 205 Å². The molecule has 0 bridgehead atoms. The first-order valence-corrected chi connectivity index (χ1v) is 15.1. The van der Waals surface area contributed by atoms with Crippen molar-refractivity contribution in [3.63, 3.8) is 0 Å². The molecule has 1 heterocycles. The largest absolute Gasteiger partial charge is 0.393 e. The number of rotatable bonds is 4. The molecule has 5 heteroatoms. The van der Waals surface area contributed by atoms with Crippen molar-refractivity contribution in [1.29, 1.82) is 0 Å². The molecule has 10 atom stereocenters. The number of hydrogen-bond acceptors (Lipinski definition) is 4. The van der Waals surface area contributed by atoms with E-state index in [4.69, 9.17) is 0 Å². The number of thioether (sulfide) groups is 1. The van der Waals surface area contributed by atoms with Crippen molar-refractivity contribution >= 4 is 17.7 Å². The van der Waals surface area contributed by atoms with Gasteiger partial charge in [-0.2, -0.15) is 11.8 Å². The summed E-state index contributed by atoms with van der Waals surface area (Å²) in [5.41, 5.74) is 0.608. The SMILES string of the molecule is C[C@H](CCC(=O)N1CCSCC1)[C@H]1CC[C@H]2[C@@H]3[C@@H](O)C[C@@H]4C[C@H](O)CC[C@]4(C)[C@H]3CC[C@]12C. The third kappa shape index (κ3) is 4.20. The summed E-state index contributed by atoms with van der Waals surface area (Å²) in [4.78, 5) is 14.9. The molecule has 0 spiro atoms. The molecule has 188 valence electrons. The van der Waals surface area contributed by atoms with E-state index in [0.717, 1.165) is 56.7 Å². The lowest BCUT2D eigenvalue weighted by Gasteiger charge is -2.62. The van der Waals surface area contributed by atoms with Crippen LogP contribution >= 0.6 is 11.8 Å². The van der Waals surface area contributed by atoms with Gasteiger partial charge >= 0.3 is 0 Å². The third-order valence-corrected chi connectivity index (χ3v) is 12.5. The lowest BCUT2D eigenvalue weighted by Crippen LogP contribution is -2.58. The van der Waals surface area contributed by atoms with Gasteiger partial charge in [0.2, 0.25) is 5.91 Å². The van der Waals surface area contributed by atoms with Gasteiger partial charge < -0.3 is 15.1 Å². The van der Waals surface area contributed by atoms with Crippen LogP contribution in [0, 0.1) is 46.3 Å². The zero-order chi connectivity index (χ0) is 23.4. The van der Waals surface area contributed by atoms with E-state index in [1.54, 1.807) is 0 Å². The fourth-order valence-electron chi connectivity index (χ4n) is 9.70. The highest BCUT2D eigenvalue weighted by Gasteiger charge is 2.62. The highest BCUT2D eigenvalue weighted by atomic mass is 32.2. The predicted octanol–water partition coefficient (Wildman–Crippen LogP) is 4.97. The highest BCUT2D eigenvalue weighted by molar-refractivity contribution is 7.99. The van der Waals surface area contributed by atoms with Gasteiger partial charge in [0.05, 0.1) is 12.2 Å². The van der Waals surface area contributed by atoms with Crippen LogP contribution in [0.1, 0.15) is 85.0 Å². The number of carbonyl (C=O) groups is 1. The van der Waals surface area contributed by atoms with E-state index < -0.39 is 0 Å². The predicted molar refractivity (Wildman–Crippen MR) is 135 cm³/mol. The minimum absolute atomic E-state index is 0.163. The van der Waals surface area contributed by atoms with Crippen LogP contribution in [-0.4, -0.2) is 57.8 Å². The number of amides is 1. The second-order valence-electron chi connectivity index (χ2n) is 13.0. The second-order valence-corrected chi connectivity index (χ2v) is 14.2. The number of aliphatic hydroxyl groups is 2. The summed E-state index contributed by atoms with van der Waals surface area (Å²) < 4.78 is 0. The van der Waals surface area contributed by atoms with Gasteiger partial charge in [-0.3, -0.25) is 4.79 Å². The number of hydrogen-bond donors (Lipinski definition) is 2. The molecule has 4 saturated carbocycles. The Morgan fingerprint density at radius 3 is 2.45 bits per heavy atom. The zero-order valence-electron chi connectivity index (χ0n) is 21.2. The molecular weight excluding hydrogens is 430 g/mol. The molecule has 1 amide bonds. The lowest BCUT2D eigenvalue weighted by molar-refractivity contribution is -0.174. The van der Waals surface area contributed by atoms with Crippen molar-refractivity contribution in [2.45, 2.75) is 97.2 Å². The maximum atomic E-state index is 12.8. The Morgan fingerprint density at radius 1 is 1.00 bits per heavy atom. The quantitative estimate of drug-likeness (QED) is 0.600. The van der Waals surface area contributed by atoms with Crippen molar-refractivity contribution in [2.24, 2.45) is 46.3 Å². The van der Waals surface area contributed by atoms with Gasteiger partial charge in [0, 0.05) is 31.0 Å². The highest BCUT2D eigenvalue weighted by Crippen LogP contribution is 2.68. The molecule has 2 N–H and O–H groups in total. The summed E-state index contributed by atoms with van der Waals surface area (Å²) in [6.07, 6.45) is 10.3. The van der Waals surface area contributed by atoms with Crippen LogP contribution in [-0.2, 0) is 4.79 Å². The monoisotopic (exact) mass is 477 g/mol. The minimum Gasteiger partial charge on any atom is -0.393 e. The van der Waals surface area contributed by atoms with Crippen molar-refractivity contribution in [1.82, 2.24) is 4.90 Å². The first-order valence-electron chi connectivity index (χ1n) is 14.0. The van der Waals surface area contributed by atoms with E-state index in [0.29, 0.717) is 58.7 Å². The second kappa shape index (κ2) is 9.32. The Hall–Kier alpha value is -0.260. The molecular formula is C28H47NO3S. The summed E-state index contributed by atoms with van der Waals surface area (Å²) in [7, 11) is 0. The fourth-order valence-corrected chi connectivity index (χ4v) is 10.6. The van der Waals surface area contributed by atoms with Gasteiger partial charge in [-0.05, 0) is 104 Å². The minimum atomic E-state index is -0.199.